The number of hydrogen-bond donors (Lipinski definition) is 1. The van der Waals surface area contributed by atoms with Gasteiger partial charge in [0.05, 0.1) is 24.8 Å². The quantitative estimate of drug-likeness (QED) is 0.687. The standard InChI is InChI=1S/C20H17NO7S/c1-26-14-5-3-4-13(10-14)21-19(24)17(29-20(21)25)9-12-6-7-15(16(8-12)27-2)28-11-18(22)23/h3-10H,11H2,1-2H3,(H,22,23)/b17-9+. The van der Waals surface area contributed by atoms with Crippen LogP contribution in [0, 0.1) is 0 Å². The van der Waals surface area contributed by atoms with E-state index in [1.165, 1.54) is 14.2 Å². The summed E-state index contributed by atoms with van der Waals surface area (Å²) in [4.78, 5) is 37.2. The van der Waals surface area contributed by atoms with Gasteiger partial charge in [0.1, 0.15) is 5.75 Å². The highest BCUT2D eigenvalue weighted by atomic mass is 32.2. The lowest BCUT2D eigenvalue weighted by Crippen LogP contribution is -2.27. The summed E-state index contributed by atoms with van der Waals surface area (Å²) in [5, 5.41) is 8.31. The maximum atomic E-state index is 12.8. The van der Waals surface area contributed by atoms with Crippen molar-refractivity contribution in [1.82, 2.24) is 0 Å². The zero-order valence-electron chi connectivity index (χ0n) is 15.6. The average molecular weight is 415 g/mol. The van der Waals surface area contributed by atoms with Gasteiger partial charge >= 0.3 is 5.97 Å². The van der Waals surface area contributed by atoms with E-state index in [1.807, 2.05) is 0 Å². The van der Waals surface area contributed by atoms with Crippen LogP contribution in [0.2, 0.25) is 0 Å². The molecule has 3 rings (SSSR count). The molecule has 0 radical (unpaired) electrons. The van der Waals surface area contributed by atoms with E-state index in [0.717, 1.165) is 16.7 Å². The van der Waals surface area contributed by atoms with Crippen LogP contribution in [0.15, 0.2) is 47.4 Å². The van der Waals surface area contributed by atoms with Crippen molar-refractivity contribution in [2.75, 3.05) is 25.7 Å². The van der Waals surface area contributed by atoms with Crippen LogP contribution in [0.25, 0.3) is 6.08 Å². The summed E-state index contributed by atoms with van der Waals surface area (Å²) in [6, 6.07) is 11.5. The van der Waals surface area contributed by atoms with Crippen LogP contribution < -0.4 is 19.1 Å². The van der Waals surface area contributed by atoms with Crippen LogP contribution in [0.4, 0.5) is 10.5 Å². The van der Waals surface area contributed by atoms with Crippen molar-refractivity contribution in [2.24, 2.45) is 0 Å². The SMILES string of the molecule is COc1cccc(N2C(=O)S/C(=C/c3ccc(OCC(=O)O)c(OC)c3)C2=O)c1. The number of ether oxygens (including phenoxy) is 3. The number of thioether (sulfide) groups is 1. The van der Waals surface area contributed by atoms with Gasteiger partial charge in [0, 0.05) is 6.07 Å². The lowest BCUT2D eigenvalue weighted by molar-refractivity contribution is -0.139. The number of anilines is 1. The van der Waals surface area contributed by atoms with Gasteiger partial charge < -0.3 is 19.3 Å². The molecule has 2 aromatic rings. The molecule has 2 aromatic carbocycles. The van der Waals surface area contributed by atoms with Gasteiger partial charge in [-0.25, -0.2) is 9.69 Å². The lowest BCUT2D eigenvalue weighted by atomic mass is 10.1. The number of hydrogen-bond acceptors (Lipinski definition) is 7. The van der Waals surface area contributed by atoms with E-state index in [4.69, 9.17) is 19.3 Å². The number of imide groups is 1. The summed E-state index contributed by atoms with van der Waals surface area (Å²) >= 11 is 0.825. The Bertz CT molecular complexity index is 1000. The van der Waals surface area contributed by atoms with E-state index >= 15 is 0 Å². The minimum Gasteiger partial charge on any atom is -0.497 e. The van der Waals surface area contributed by atoms with Gasteiger partial charge in [-0.1, -0.05) is 12.1 Å². The number of carbonyl (C=O) groups is 3. The maximum Gasteiger partial charge on any atom is 0.341 e. The number of rotatable bonds is 7. The Labute approximate surface area is 170 Å². The fraction of sp³-hybridized carbons (Fsp3) is 0.150. The second kappa shape index (κ2) is 8.70. The fourth-order valence-corrected chi connectivity index (χ4v) is 3.47. The van der Waals surface area contributed by atoms with Crippen LogP contribution in [0.5, 0.6) is 17.2 Å². The number of carboxylic acid groups (broad SMARTS) is 1. The molecule has 29 heavy (non-hydrogen) atoms. The molecule has 9 heteroatoms. The van der Waals surface area contributed by atoms with E-state index in [9.17, 15) is 14.4 Å². The van der Waals surface area contributed by atoms with Gasteiger partial charge in [0.15, 0.2) is 18.1 Å². The van der Waals surface area contributed by atoms with Crippen LogP contribution in [-0.4, -0.2) is 43.0 Å². The summed E-state index contributed by atoms with van der Waals surface area (Å²) in [5.41, 5.74) is 1.02. The zero-order chi connectivity index (χ0) is 21.0. The van der Waals surface area contributed by atoms with Crippen molar-refractivity contribution < 1.29 is 33.7 Å². The van der Waals surface area contributed by atoms with Gasteiger partial charge in [0.25, 0.3) is 11.1 Å². The topological polar surface area (TPSA) is 102 Å². The third-order valence-electron chi connectivity index (χ3n) is 3.94. The highest BCUT2D eigenvalue weighted by molar-refractivity contribution is 8.19. The van der Waals surface area contributed by atoms with E-state index in [0.29, 0.717) is 22.7 Å². The zero-order valence-corrected chi connectivity index (χ0v) is 16.4. The molecule has 1 aliphatic heterocycles. The molecule has 8 nitrogen and oxygen atoms in total. The van der Waals surface area contributed by atoms with E-state index < -0.39 is 23.7 Å². The number of benzene rings is 2. The van der Waals surface area contributed by atoms with Gasteiger partial charge in [-0.05, 0) is 47.7 Å². The molecule has 150 valence electrons. The molecule has 0 unspecified atom stereocenters. The first-order chi connectivity index (χ1) is 13.9. The fourth-order valence-electron chi connectivity index (χ4n) is 2.62. The Balaban J connectivity index is 1.86. The second-order valence-corrected chi connectivity index (χ2v) is 6.80. The third-order valence-corrected chi connectivity index (χ3v) is 4.81. The highest BCUT2D eigenvalue weighted by Gasteiger charge is 2.36. The largest absolute Gasteiger partial charge is 0.497 e. The Morgan fingerprint density at radius 1 is 1.10 bits per heavy atom. The number of carboxylic acids is 1. The molecule has 1 heterocycles. The Morgan fingerprint density at radius 3 is 2.59 bits per heavy atom. The minimum atomic E-state index is -1.11. The highest BCUT2D eigenvalue weighted by Crippen LogP contribution is 2.37. The van der Waals surface area contributed by atoms with Crippen molar-refractivity contribution in [3.05, 3.63) is 52.9 Å². The third kappa shape index (κ3) is 4.52. The summed E-state index contributed by atoms with van der Waals surface area (Å²) in [6.07, 6.45) is 1.56. The van der Waals surface area contributed by atoms with Crippen molar-refractivity contribution in [3.8, 4) is 17.2 Å². The summed E-state index contributed by atoms with van der Waals surface area (Å²) in [5.74, 6) is -0.448. The lowest BCUT2D eigenvalue weighted by Gasteiger charge is -2.13. The molecule has 1 fully saturated rings. The van der Waals surface area contributed by atoms with Gasteiger partial charge in [0.2, 0.25) is 0 Å². The Kier molecular flexibility index (Phi) is 6.08. The van der Waals surface area contributed by atoms with Crippen molar-refractivity contribution in [3.63, 3.8) is 0 Å². The van der Waals surface area contributed by atoms with E-state index in [2.05, 4.69) is 0 Å². The summed E-state index contributed by atoms with van der Waals surface area (Å²) in [7, 11) is 2.92. The van der Waals surface area contributed by atoms with Crippen molar-refractivity contribution in [1.29, 1.82) is 0 Å². The van der Waals surface area contributed by atoms with Gasteiger partial charge in [-0.3, -0.25) is 9.59 Å². The molecule has 1 saturated heterocycles. The van der Waals surface area contributed by atoms with Gasteiger partial charge in [-0.2, -0.15) is 0 Å². The van der Waals surface area contributed by atoms with Crippen molar-refractivity contribution >= 4 is 40.6 Å². The van der Waals surface area contributed by atoms with Crippen LogP contribution in [-0.2, 0) is 9.59 Å². The average Bonchev–Trinajstić information content (AvgIpc) is 2.99. The van der Waals surface area contributed by atoms with E-state index in [1.54, 1.807) is 48.5 Å². The van der Waals surface area contributed by atoms with Gasteiger partial charge in [-0.15, -0.1) is 0 Å². The molecule has 0 spiro atoms. The molecule has 1 N–H and O–H groups in total. The van der Waals surface area contributed by atoms with Crippen LogP contribution >= 0.6 is 11.8 Å². The smallest absolute Gasteiger partial charge is 0.341 e. The Hall–Kier alpha value is -3.46. The molecule has 0 aliphatic carbocycles. The molecule has 0 atom stereocenters. The van der Waals surface area contributed by atoms with Crippen molar-refractivity contribution in [2.45, 2.75) is 0 Å². The number of carbonyl (C=O) groups excluding carboxylic acids is 2. The first-order valence-electron chi connectivity index (χ1n) is 8.37. The van der Waals surface area contributed by atoms with Crippen LogP contribution in [0.1, 0.15) is 5.56 Å². The molecular weight excluding hydrogens is 398 g/mol. The molecule has 0 bridgehead atoms. The molecule has 0 saturated carbocycles. The first-order valence-corrected chi connectivity index (χ1v) is 9.19. The predicted molar refractivity (Wildman–Crippen MR) is 108 cm³/mol. The normalized spacial score (nSPS) is 15.0. The number of amides is 2. The monoisotopic (exact) mass is 415 g/mol. The molecule has 1 aliphatic rings. The predicted octanol–water partition coefficient (Wildman–Crippen LogP) is 3.41. The first kappa shape index (κ1) is 20.3. The second-order valence-electron chi connectivity index (χ2n) is 5.81. The van der Waals surface area contributed by atoms with Crippen LogP contribution in [0.3, 0.4) is 0 Å². The summed E-state index contributed by atoms with van der Waals surface area (Å²) in [6.45, 7) is -0.505. The molecular formula is C20H17NO7S. The Morgan fingerprint density at radius 2 is 1.90 bits per heavy atom. The number of aliphatic carboxylic acids is 1. The number of nitrogens with zero attached hydrogens (tertiary/aromatic N) is 1. The van der Waals surface area contributed by atoms with E-state index in [-0.39, 0.29) is 10.7 Å². The molecule has 0 aromatic heterocycles. The molecule has 2 amide bonds. The number of methoxy groups -OCH3 is 2. The maximum absolute atomic E-state index is 12.8. The summed E-state index contributed by atoms with van der Waals surface area (Å²) < 4.78 is 15.5. The minimum absolute atomic E-state index is 0.249.